The number of amides is 1. The predicted molar refractivity (Wildman–Crippen MR) is 86.7 cm³/mol. The van der Waals surface area contributed by atoms with E-state index in [1.165, 1.54) is 19.2 Å². The van der Waals surface area contributed by atoms with E-state index in [9.17, 15) is 9.18 Å². The smallest absolute Gasteiger partial charge is 0.256 e. The van der Waals surface area contributed by atoms with E-state index in [2.05, 4.69) is 5.32 Å². The highest BCUT2D eigenvalue weighted by molar-refractivity contribution is 6.34. The van der Waals surface area contributed by atoms with Crippen LogP contribution in [0.25, 0.3) is 0 Å². The average molecular weight is 338 g/mol. The van der Waals surface area contributed by atoms with Crippen molar-refractivity contribution in [3.63, 3.8) is 0 Å². The molecule has 1 amide bonds. The maximum absolute atomic E-state index is 13.6. The normalized spacial score (nSPS) is 10.3. The Bertz CT molecular complexity index is 706. The number of ether oxygens (including phenoxy) is 2. The van der Waals surface area contributed by atoms with E-state index in [0.29, 0.717) is 22.9 Å². The van der Waals surface area contributed by atoms with Gasteiger partial charge in [0.05, 0.1) is 24.3 Å². The van der Waals surface area contributed by atoms with Gasteiger partial charge in [-0.05, 0) is 36.8 Å². The molecule has 2 aromatic rings. The second-order valence-electron chi connectivity index (χ2n) is 4.70. The fourth-order valence-electron chi connectivity index (χ4n) is 2.09. The summed E-state index contributed by atoms with van der Waals surface area (Å²) < 4.78 is 23.9. The van der Waals surface area contributed by atoms with Crippen LogP contribution in [0.2, 0.25) is 5.02 Å². The van der Waals surface area contributed by atoms with E-state index in [1.54, 1.807) is 24.3 Å². The van der Waals surface area contributed by atoms with E-state index in [-0.39, 0.29) is 23.8 Å². The van der Waals surface area contributed by atoms with Crippen LogP contribution in [0, 0.1) is 5.82 Å². The summed E-state index contributed by atoms with van der Waals surface area (Å²) in [5, 5.41) is 3.01. The second kappa shape index (κ2) is 7.83. The van der Waals surface area contributed by atoms with Gasteiger partial charge >= 0.3 is 0 Å². The van der Waals surface area contributed by atoms with E-state index >= 15 is 0 Å². The van der Waals surface area contributed by atoms with Crippen LogP contribution in [0.1, 0.15) is 22.8 Å². The lowest BCUT2D eigenvalue weighted by Gasteiger charge is -2.12. The summed E-state index contributed by atoms with van der Waals surface area (Å²) in [5.74, 6) is -0.287. The van der Waals surface area contributed by atoms with Crippen molar-refractivity contribution in [1.82, 2.24) is 5.32 Å². The van der Waals surface area contributed by atoms with Gasteiger partial charge in [0.15, 0.2) is 11.6 Å². The molecule has 23 heavy (non-hydrogen) atoms. The maximum Gasteiger partial charge on any atom is 0.256 e. The number of hydrogen-bond donors (Lipinski definition) is 1. The van der Waals surface area contributed by atoms with Gasteiger partial charge in [0.2, 0.25) is 0 Å². The molecule has 0 bridgehead atoms. The van der Waals surface area contributed by atoms with E-state index in [0.717, 1.165) is 0 Å². The van der Waals surface area contributed by atoms with E-state index < -0.39 is 5.82 Å². The molecule has 0 unspecified atom stereocenters. The van der Waals surface area contributed by atoms with Gasteiger partial charge in [-0.3, -0.25) is 4.79 Å². The number of carbonyl (C=O) groups excluding carboxylic acids is 1. The molecule has 0 radical (unpaired) electrons. The lowest BCUT2D eigenvalue weighted by Crippen LogP contribution is -2.24. The molecule has 0 atom stereocenters. The SMILES string of the molecule is CCOc1cccc(Cl)c1C(=O)NCc1ccc(OC)c(F)c1. The Morgan fingerprint density at radius 2 is 2.04 bits per heavy atom. The highest BCUT2D eigenvalue weighted by atomic mass is 35.5. The predicted octanol–water partition coefficient (Wildman–Crippen LogP) is 3.82. The summed E-state index contributed by atoms with van der Waals surface area (Å²) in [7, 11) is 1.40. The van der Waals surface area contributed by atoms with Crippen LogP contribution >= 0.6 is 11.6 Å². The molecule has 6 heteroatoms. The molecule has 122 valence electrons. The number of benzene rings is 2. The largest absolute Gasteiger partial charge is 0.494 e. The van der Waals surface area contributed by atoms with Crippen molar-refractivity contribution in [1.29, 1.82) is 0 Å². The van der Waals surface area contributed by atoms with Crippen molar-refractivity contribution in [2.75, 3.05) is 13.7 Å². The Hall–Kier alpha value is -2.27. The third kappa shape index (κ3) is 4.13. The molecule has 0 fully saturated rings. The monoisotopic (exact) mass is 337 g/mol. The molecule has 0 aromatic heterocycles. The van der Waals surface area contributed by atoms with Gasteiger partial charge in [-0.1, -0.05) is 23.7 Å². The Balaban J connectivity index is 2.12. The molecule has 2 aromatic carbocycles. The lowest BCUT2D eigenvalue weighted by molar-refractivity contribution is 0.0947. The van der Waals surface area contributed by atoms with Gasteiger partial charge in [0.25, 0.3) is 5.91 Å². The summed E-state index contributed by atoms with van der Waals surface area (Å²) in [6.45, 7) is 2.41. The molecule has 0 spiro atoms. The summed E-state index contributed by atoms with van der Waals surface area (Å²) in [6.07, 6.45) is 0. The number of carbonyl (C=O) groups is 1. The fourth-order valence-corrected chi connectivity index (χ4v) is 2.34. The Morgan fingerprint density at radius 1 is 1.26 bits per heavy atom. The molecule has 0 heterocycles. The number of rotatable bonds is 6. The number of methoxy groups -OCH3 is 1. The van der Waals surface area contributed by atoms with Crippen LogP contribution in [-0.2, 0) is 6.54 Å². The Morgan fingerprint density at radius 3 is 2.70 bits per heavy atom. The highest BCUT2D eigenvalue weighted by Crippen LogP contribution is 2.26. The molecule has 0 saturated carbocycles. The molecule has 2 rings (SSSR count). The van der Waals surface area contributed by atoms with Gasteiger partial charge in [0.1, 0.15) is 5.75 Å². The molecule has 0 saturated heterocycles. The van der Waals surface area contributed by atoms with Crippen LogP contribution in [0.5, 0.6) is 11.5 Å². The zero-order chi connectivity index (χ0) is 16.8. The first-order chi connectivity index (χ1) is 11.1. The topological polar surface area (TPSA) is 47.6 Å². The van der Waals surface area contributed by atoms with Gasteiger partial charge in [-0.15, -0.1) is 0 Å². The van der Waals surface area contributed by atoms with Crippen LogP contribution in [0.4, 0.5) is 4.39 Å². The number of hydrogen-bond acceptors (Lipinski definition) is 3. The quantitative estimate of drug-likeness (QED) is 0.871. The number of nitrogens with one attached hydrogen (secondary N) is 1. The van der Waals surface area contributed by atoms with Crippen molar-refractivity contribution in [3.8, 4) is 11.5 Å². The third-order valence-corrected chi connectivity index (χ3v) is 3.49. The van der Waals surface area contributed by atoms with Crippen LogP contribution < -0.4 is 14.8 Å². The van der Waals surface area contributed by atoms with Gasteiger partial charge < -0.3 is 14.8 Å². The highest BCUT2D eigenvalue weighted by Gasteiger charge is 2.16. The molecule has 0 aliphatic carbocycles. The standard InChI is InChI=1S/C17H17ClFNO3/c1-3-23-15-6-4-5-12(18)16(15)17(21)20-10-11-7-8-14(22-2)13(19)9-11/h4-9H,3,10H2,1-2H3,(H,20,21). The molecule has 4 nitrogen and oxygen atoms in total. The zero-order valence-electron chi connectivity index (χ0n) is 12.9. The minimum atomic E-state index is -0.480. The van der Waals surface area contributed by atoms with Crippen molar-refractivity contribution in [2.24, 2.45) is 0 Å². The van der Waals surface area contributed by atoms with Crippen molar-refractivity contribution in [3.05, 3.63) is 58.4 Å². The number of halogens is 2. The van der Waals surface area contributed by atoms with Crippen LogP contribution in [0.3, 0.4) is 0 Å². The lowest BCUT2D eigenvalue weighted by atomic mass is 10.1. The maximum atomic E-state index is 13.6. The summed E-state index contributed by atoms with van der Waals surface area (Å²) >= 11 is 6.09. The van der Waals surface area contributed by atoms with Crippen molar-refractivity contribution >= 4 is 17.5 Å². The van der Waals surface area contributed by atoms with Gasteiger partial charge in [0, 0.05) is 6.54 Å². The summed E-state index contributed by atoms with van der Waals surface area (Å²) in [5.41, 5.74) is 0.881. The molecule has 0 aliphatic rings. The molecular formula is C17H17ClFNO3. The Kier molecular flexibility index (Phi) is 5.82. The Labute approximate surface area is 139 Å². The van der Waals surface area contributed by atoms with Crippen LogP contribution in [0.15, 0.2) is 36.4 Å². The molecule has 1 N–H and O–H groups in total. The first-order valence-electron chi connectivity index (χ1n) is 7.08. The van der Waals surface area contributed by atoms with E-state index in [4.69, 9.17) is 21.1 Å². The second-order valence-corrected chi connectivity index (χ2v) is 5.10. The van der Waals surface area contributed by atoms with Gasteiger partial charge in [-0.2, -0.15) is 0 Å². The summed E-state index contributed by atoms with van der Waals surface area (Å²) in [6, 6.07) is 9.51. The van der Waals surface area contributed by atoms with Crippen LogP contribution in [-0.4, -0.2) is 19.6 Å². The molecule has 0 aliphatic heterocycles. The van der Waals surface area contributed by atoms with Gasteiger partial charge in [-0.25, -0.2) is 4.39 Å². The van der Waals surface area contributed by atoms with Crippen molar-refractivity contribution in [2.45, 2.75) is 13.5 Å². The first kappa shape index (κ1) is 17.1. The zero-order valence-corrected chi connectivity index (χ0v) is 13.6. The average Bonchev–Trinajstić information content (AvgIpc) is 2.53. The minimum Gasteiger partial charge on any atom is -0.494 e. The third-order valence-electron chi connectivity index (χ3n) is 3.17. The van der Waals surface area contributed by atoms with Crippen molar-refractivity contribution < 1.29 is 18.7 Å². The minimum absolute atomic E-state index is 0.157. The summed E-state index contributed by atoms with van der Waals surface area (Å²) in [4.78, 5) is 12.3. The fraction of sp³-hybridized carbons (Fsp3) is 0.235. The molecular weight excluding hydrogens is 321 g/mol. The first-order valence-corrected chi connectivity index (χ1v) is 7.46. The van der Waals surface area contributed by atoms with E-state index in [1.807, 2.05) is 6.92 Å².